The molecular formula is C23H18ClNO4S. The largest absolute Gasteiger partial charge is 0.497 e. The summed E-state index contributed by atoms with van der Waals surface area (Å²) in [6.07, 6.45) is 1.71. The molecule has 3 aromatic carbocycles. The second-order valence-corrected chi connectivity index (χ2v) is 8.10. The van der Waals surface area contributed by atoms with Crippen LogP contribution in [0.1, 0.15) is 11.1 Å². The Balaban J connectivity index is 1.73. The first-order valence-electron chi connectivity index (χ1n) is 9.14. The fraction of sp³-hybridized carbons (Fsp3) is 0.130. The zero-order chi connectivity index (χ0) is 21.3. The monoisotopic (exact) mass is 439 g/mol. The number of carbonyl (C=O) groups excluding carboxylic acids is 2. The van der Waals surface area contributed by atoms with E-state index in [4.69, 9.17) is 21.1 Å². The van der Waals surface area contributed by atoms with Crippen LogP contribution >= 0.6 is 23.4 Å². The number of thioether (sulfide) groups is 1. The minimum atomic E-state index is -0.341. The van der Waals surface area contributed by atoms with E-state index in [1.54, 1.807) is 38.5 Å². The average Bonchev–Trinajstić information content (AvgIpc) is 3.01. The van der Waals surface area contributed by atoms with Crippen LogP contribution in [0, 0.1) is 0 Å². The van der Waals surface area contributed by atoms with Gasteiger partial charge >= 0.3 is 0 Å². The van der Waals surface area contributed by atoms with Gasteiger partial charge in [0.05, 0.1) is 25.7 Å². The third-order valence-electron chi connectivity index (χ3n) is 4.83. The number of hydrogen-bond acceptors (Lipinski definition) is 5. The maximum atomic E-state index is 13.0. The first-order valence-corrected chi connectivity index (χ1v) is 10.3. The summed E-state index contributed by atoms with van der Waals surface area (Å²) in [7, 11) is 3.17. The molecule has 0 atom stereocenters. The molecule has 1 aliphatic heterocycles. The van der Waals surface area contributed by atoms with Gasteiger partial charge in [0.1, 0.15) is 11.5 Å². The highest BCUT2D eigenvalue weighted by atomic mass is 35.5. The smallest absolute Gasteiger partial charge is 0.293 e. The molecule has 0 bridgehead atoms. The average molecular weight is 440 g/mol. The standard InChI is InChI=1S/C23H18ClNO4S/c1-28-17-8-6-15-7-9-20(29-2)19(18(15)11-17)12-21-22(26)25(23(27)30-21)13-14-4-3-5-16(24)10-14/h3-12H,13H2,1-2H3/b21-12-. The van der Waals surface area contributed by atoms with Crippen molar-refractivity contribution in [2.24, 2.45) is 0 Å². The molecule has 0 radical (unpaired) electrons. The Morgan fingerprint density at radius 1 is 1.03 bits per heavy atom. The molecule has 3 aromatic rings. The Labute approximate surface area is 183 Å². The Morgan fingerprint density at radius 3 is 2.57 bits per heavy atom. The number of amides is 2. The van der Waals surface area contributed by atoms with E-state index in [-0.39, 0.29) is 17.7 Å². The number of halogens is 1. The number of nitrogens with zero attached hydrogens (tertiary/aromatic N) is 1. The minimum Gasteiger partial charge on any atom is -0.497 e. The van der Waals surface area contributed by atoms with E-state index >= 15 is 0 Å². The number of benzene rings is 3. The molecule has 1 aliphatic rings. The molecule has 5 nitrogen and oxygen atoms in total. The number of fused-ring (bicyclic) bond motifs is 1. The van der Waals surface area contributed by atoms with Gasteiger partial charge in [0.2, 0.25) is 0 Å². The van der Waals surface area contributed by atoms with Crippen molar-refractivity contribution >= 4 is 51.4 Å². The summed E-state index contributed by atoms with van der Waals surface area (Å²) in [6, 6.07) is 16.6. The van der Waals surface area contributed by atoms with Gasteiger partial charge in [-0.2, -0.15) is 0 Å². The highest BCUT2D eigenvalue weighted by Crippen LogP contribution is 2.38. The van der Waals surface area contributed by atoms with Crippen LogP contribution in [-0.4, -0.2) is 30.3 Å². The number of hydrogen-bond donors (Lipinski definition) is 0. The molecular weight excluding hydrogens is 422 g/mol. The van der Waals surface area contributed by atoms with Crippen molar-refractivity contribution in [1.29, 1.82) is 0 Å². The summed E-state index contributed by atoms with van der Waals surface area (Å²) in [5.41, 5.74) is 1.51. The molecule has 30 heavy (non-hydrogen) atoms. The van der Waals surface area contributed by atoms with Crippen molar-refractivity contribution in [2.75, 3.05) is 14.2 Å². The van der Waals surface area contributed by atoms with Gasteiger partial charge in [-0.1, -0.05) is 35.9 Å². The van der Waals surface area contributed by atoms with Gasteiger partial charge in [-0.3, -0.25) is 14.5 Å². The second-order valence-electron chi connectivity index (χ2n) is 6.67. The molecule has 2 amide bonds. The lowest BCUT2D eigenvalue weighted by Gasteiger charge is -2.13. The number of methoxy groups -OCH3 is 2. The minimum absolute atomic E-state index is 0.170. The van der Waals surface area contributed by atoms with E-state index in [0.717, 1.165) is 33.7 Å². The van der Waals surface area contributed by atoms with Crippen LogP contribution in [0.25, 0.3) is 16.8 Å². The fourth-order valence-corrected chi connectivity index (χ4v) is 4.37. The van der Waals surface area contributed by atoms with Crippen molar-refractivity contribution in [2.45, 2.75) is 6.54 Å². The highest BCUT2D eigenvalue weighted by Gasteiger charge is 2.35. The second kappa shape index (κ2) is 8.42. The van der Waals surface area contributed by atoms with Crippen LogP contribution in [0.3, 0.4) is 0 Å². The normalized spacial score (nSPS) is 15.3. The summed E-state index contributed by atoms with van der Waals surface area (Å²) in [5.74, 6) is 0.962. The number of carbonyl (C=O) groups is 2. The number of ether oxygens (including phenoxy) is 2. The van der Waals surface area contributed by atoms with E-state index < -0.39 is 0 Å². The van der Waals surface area contributed by atoms with Gasteiger partial charge in [0.25, 0.3) is 11.1 Å². The van der Waals surface area contributed by atoms with Gasteiger partial charge < -0.3 is 9.47 Å². The summed E-state index contributed by atoms with van der Waals surface area (Å²) in [4.78, 5) is 27.1. The molecule has 0 spiro atoms. The first-order chi connectivity index (χ1) is 14.5. The van der Waals surface area contributed by atoms with E-state index in [0.29, 0.717) is 21.4 Å². The maximum absolute atomic E-state index is 13.0. The van der Waals surface area contributed by atoms with Gasteiger partial charge in [-0.15, -0.1) is 0 Å². The predicted octanol–water partition coefficient (Wildman–Crippen LogP) is 5.75. The molecule has 1 saturated heterocycles. The summed E-state index contributed by atoms with van der Waals surface area (Å²) in [6.45, 7) is 0.170. The van der Waals surface area contributed by atoms with Gasteiger partial charge in [0.15, 0.2) is 0 Å². The van der Waals surface area contributed by atoms with Crippen LogP contribution in [0.2, 0.25) is 5.02 Å². The fourth-order valence-electron chi connectivity index (χ4n) is 3.34. The molecule has 4 rings (SSSR count). The predicted molar refractivity (Wildman–Crippen MR) is 120 cm³/mol. The van der Waals surface area contributed by atoms with Gasteiger partial charge in [-0.05, 0) is 64.5 Å². The molecule has 0 aromatic heterocycles. The van der Waals surface area contributed by atoms with Crippen molar-refractivity contribution in [1.82, 2.24) is 4.90 Å². The summed E-state index contributed by atoms with van der Waals surface area (Å²) >= 11 is 6.94. The van der Waals surface area contributed by atoms with E-state index in [2.05, 4.69) is 0 Å². The molecule has 0 saturated carbocycles. The van der Waals surface area contributed by atoms with E-state index in [1.165, 1.54) is 4.90 Å². The van der Waals surface area contributed by atoms with Crippen LogP contribution in [0.5, 0.6) is 11.5 Å². The van der Waals surface area contributed by atoms with Crippen molar-refractivity contribution < 1.29 is 19.1 Å². The Hall–Kier alpha value is -2.96. The Morgan fingerprint density at radius 2 is 1.83 bits per heavy atom. The molecule has 0 aliphatic carbocycles. The highest BCUT2D eigenvalue weighted by molar-refractivity contribution is 8.18. The van der Waals surface area contributed by atoms with Gasteiger partial charge in [0, 0.05) is 10.6 Å². The first kappa shape index (κ1) is 20.3. The van der Waals surface area contributed by atoms with Crippen LogP contribution in [0.4, 0.5) is 4.79 Å². The van der Waals surface area contributed by atoms with Crippen LogP contribution in [-0.2, 0) is 11.3 Å². The van der Waals surface area contributed by atoms with Crippen molar-refractivity contribution in [3.63, 3.8) is 0 Å². The lowest BCUT2D eigenvalue weighted by Crippen LogP contribution is -2.27. The van der Waals surface area contributed by atoms with Crippen molar-refractivity contribution in [3.8, 4) is 11.5 Å². The summed E-state index contributed by atoms with van der Waals surface area (Å²) in [5, 5.41) is 2.09. The van der Waals surface area contributed by atoms with E-state index in [1.807, 2.05) is 36.4 Å². The summed E-state index contributed by atoms with van der Waals surface area (Å²) < 4.78 is 10.9. The molecule has 0 N–H and O–H groups in total. The third kappa shape index (κ3) is 3.88. The zero-order valence-electron chi connectivity index (χ0n) is 16.3. The molecule has 7 heteroatoms. The zero-order valence-corrected chi connectivity index (χ0v) is 17.9. The van der Waals surface area contributed by atoms with Crippen molar-refractivity contribution in [3.05, 3.63) is 75.7 Å². The lowest BCUT2D eigenvalue weighted by atomic mass is 10.0. The number of imide groups is 1. The Bertz CT molecular complexity index is 1190. The SMILES string of the molecule is COc1ccc2ccc(OC)c(/C=C3\SC(=O)N(Cc4cccc(Cl)c4)C3=O)c2c1. The quantitative estimate of drug-likeness (QED) is 0.474. The van der Waals surface area contributed by atoms with Crippen LogP contribution < -0.4 is 9.47 Å². The van der Waals surface area contributed by atoms with Gasteiger partial charge in [-0.25, -0.2) is 0 Å². The Kier molecular flexibility index (Phi) is 5.70. The van der Waals surface area contributed by atoms with Crippen LogP contribution in [0.15, 0.2) is 59.5 Å². The molecule has 1 fully saturated rings. The lowest BCUT2D eigenvalue weighted by molar-refractivity contribution is -0.123. The topological polar surface area (TPSA) is 55.8 Å². The number of rotatable bonds is 5. The molecule has 1 heterocycles. The molecule has 0 unspecified atom stereocenters. The third-order valence-corrected chi connectivity index (χ3v) is 5.97. The van der Waals surface area contributed by atoms with E-state index in [9.17, 15) is 9.59 Å². The molecule has 152 valence electrons. The maximum Gasteiger partial charge on any atom is 0.293 e.